The molecule has 1 atom stereocenters. The molecule has 16 heavy (non-hydrogen) atoms. The fraction of sp³-hybridized carbons (Fsp3) is 0.889. The van der Waals surface area contributed by atoms with Crippen LogP contribution >= 0.6 is 0 Å². The van der Waals surface area contributed by atoms with Crippen LogP contribution in [0.3, 0.4) is 0 Å². The van der Waals surface area contributed by atoms with Crippen LogP contribution in [0.5, 0.6) is 0 Å². The molecule has 1 saturated heterocycles. The molecule has 6 nitrogen and oxygen atoms in total. The third-order valence-corrected chi connectivity index (χ3v) is 3.52. The zero-order valence-corrected chi connectivity index (χ0v) is 10.3. The van der Waals surface area contributed by atoms with Crippen LogP contribution in [-0.2, 0) is 14.6 Å². The van der Waals surface area contributed by atoms with Gasteiger partial charge in [-0.25, -0.2) is 8.42 Å². The van der Waals surface area contributed by atoms with Crippen LogP contribution < -0.4 is 5.73 Å². The van der Waals surface area contributed by atoms with Gasteiger partial charge in [0.25, 0.3) is 0 Å². The number of hydrogen-bond acceptors (Lipinski definition) is 5. The number of nitrogens with two attached hydrogens (primary N) is 1. The van der Waals surface area contributed by atoms with Gasteiger partial charge in [0.2, 0.25) is 0 Å². The van der Waals surface area contributed by atoms with Crippen molar-refractivity contribution in [3.8, 4) is 0 Å². The maximum atomic E-state index is 10.9. The van der Waals surface area contributed by atoms with Crippen LogP contribution in [0.25, 0.3) is 0 Å². The van der Waals surface area contributed by atoms with E-state index in [2.05, 4.69) is 4.90 Å². The summed E-state index contributed by atoms with van der Waals surface area (Å²) in [5, 5.41) is 7.29. The third kappa shape index (κ3) is 4.91. The zero-order valence-electron chi connectivity index (χ0n) is 9.48. The average Bonchev–Trinajstić information content (AvgIpc) is 2.16. The van der Waals surface area contributed by atoms with Crippen molar-refractivity contribution in [2.24, 2.45) is 5.73 Å². The van der Waals surface area contributed by atoms with Crippen molar-refractivity contribution in [2.75, 3.05) is 38.2 Å². The Hall–Kier alpha value is -0.660. The Labute approximate surface area is 96.2 Å². The summed E-state index contributed by atoms with van der Waals surface area (Å²) >= 11 is 0. The van der Waals surface area contributed by atoms with Gasteiger partial charge in [-0.2, -0.15) is 0 Å². The van der Waals surface area contributed by atoms with Crippen LogP contribution in [0.1, 0.15) is 6.42 Å². The molecule has 1 aliphatic rings. The molecule has 0 aromatic heterocycles. The number of amidine groups is 1. The van der Waals surface area contributed by atoms with Crippen molar-refractivity contribution < 1.29 is 13.2 Å². The highest BCUT2D eigenvalue weighted by Gasteiger charge is 2.22. The molecule has 1 fully saturated rings. The Kier molecular flexibility index (Phi) is 4.69. The zero-order chi connectivity index (χ0) is 12.2. The summed E-state index contributed by atoms with van der Waals surface area (Å²) < 4.78 is 27.2. The lowest BCUT2D eigenvalue weighted by Crippen LogP contribution is -2.48. The van der Waals surface area contributed by atoms with Crippen molar-refractivity contribution in [3.63, 3.8) is 0 Å². The summed E-state index contributed by atoms with van der Waals surface area (Å²) in [6, 6.07) is 0. The van der Waals surface area contributed by atoms with Crippen LogP contribution in [0.2, 0.25) is 0 Å². The Balaban J connectivity index is 2.30. The van der Waals surface area contributed by atoms with Gasteiger partial charge >= 0.3 is 0 Å². The van der Waals surface area contributed by atoms with Crippen LogP contribution in [0.4, 0.5) is 0 Å². The normalized spacial score (nSPS) is 23.2. The van der Waals surface area contributed by atoms with Crippen molar-refractivity contribution in [2.45, 2.75) is 12.5 Å². The lowest BCUT2D eigenvalue weighted by molar-refractivity contribution is 0.00588. The van der Waals surface area contributed by atoms with Gasteiger partial charge in [-0.1, -0.05) is 0 Å². The lowest BCUT2D eigenvalue weighted by atomic mass is 10.2. The van der Waals surface area contributed by atoms with Gasteiger partial charge in [0.15, 0.2) is 0 Å². The topological polar surface area (TPSA) is 96.5 Å². The standard InChI is InChI=1S/C9H19N3O3S/c1-16(13,14)6-2-3-12-4-5-15-8(7-12)9(10)11/h8H,2-7H2,1H3,(H3,10,11). The highest BCUT2D eigenvalue weighted by molar-refractivity contribution is 7.90. The largest absolute Gasteiger partial charge is 0.385 e. The Morgan fingerprint density at radius 2 is 2.31 bits per heavy atom. The molecule has 1 aliphatic heterocycles. The number of rotatable bonds is 5. The first-order valence-corrected chi connectivity index (χ1v) is 7.30. The van der Waals surface area contributed by atoms with Crippen LogP contribution in [0, 0.1) is 5.41 Å². The second kappa shape index (κ2) is 5.60. The first-order valence-electron chi connectivity index (χ1n) is 5.24. The summed E-state index contributed by atoms with van der Waals surface area (Å²) in [5.41, 5.74) is 5.36. The van der Waals surface area contributed by atoms with E-state index in [1.54, 1.807) is 0 Å². The highest BCUT2D eigenvalue weighted by atomic mass is 32.2. The molecule has 0 aromatic carbocycles. The molecule has 0 aromatic rings. The molecule has 0 bridgehead atoms. The van der Waals surface area contributed by atoms with E-state index in [-0.39, 0.29) is 17.7 Å². The smallest absolute Gasteiger partial charge is 0.147 e. The number of morpholine rings is 1. The number of hydrogen-bond donors (Lipinski definition) is 2. The van der Waals surface area contributed by atoms with Gasteiger partial charge in [0, 0.05) is 19.3 Å². The number of sulfone groups is 1. The van der Waals surface area contributed by atoms with Gasteiger partial charge < -0.3 is 10.5 Å². The molecule has 1 rings (SSSR count). The van der Waals surface area contributed by atoms with Gasteiger partial charge in [-0.05, 0) is 13.0 Å². The minimum atomic E-state index is -2.88. The summed E-state index contributed by atoms with van der Waals surface area (Å²) in [7, 11) is -2.88. The minimum absolute atomic E-state index is 0.0350. The van der Waals surface area contributed by atoms with E-state index in [4.69, 9.17) is 15.9 Å². The van der Waals surface area contributed by atoms with E-state index in [0.29, 0.717) is 26.1 Å². The van der Waals surface area contributed by atoms with Crippen LogP contribution in [0.15, 0.2) is 0 Å². The number of nitrogens with zero attached hydrogens (tertiary/aromatic N) is 1. The maximum Gasteiger partial charge on any atom is 0.147 e. The molecule has 0 spiro atoms. The molecular weight excluding hydrogens is 230 g/mol. The van der Waals surface area contributed by atoms with E-state index in [9.17, 15) is 8.42 Å². The fourth-order valence-corrected chi connectivity index (χ4v) is 2.30. The molecule has 1 unspecified atom stereocenters. The Morgan fingerprint density at radius 1 is 1.62 bits per heavy atom. The van der Waals surface area contributed by atoms with E-state index in [1.807, 2.05) is 0 Å². The molecule has 0 aliphatic carbocycles. The van der Waals surface area contributed by atoms with Gasteiger partial charge in [-0.15, -0.1) is 0 Å². The predicted molar refractivity (Wildman–Crippen MR) is 62.4 cm³/mol. The molecule has 1 heterocycles. The van der Waals surface area contributed by atoms with Crippen molar-refractivity contribution in [3.05, 3.63) is 0 Å². The highest BCUT2D eigenvalue weighted by Crippen LogP contribution is 2.05. The number of nitrogens with one attached hydrogen (secondary N) is 1. The monoisotopic (exact) mass is 249 g/mol. The molecule has 94 valence electrons. The molecule has 0 radical (unpaired) electrons. The molecular formula is C9H19N3O3S. The minimum Gasteiger partial charge on any atom is -0.385 e. The van der Waals surface area contributed by atoms with Gasteiger partial charge in [0.1, 0.15) is 21.8 Å². The van der Waals surface area contributed by atoms with E-state index >= 15 is 0 Å². The molecule has 0 amide bonds. The summed E-state index contributed by atoms with van der Waals surface area (Å²) in [6.07, 6.45) is 1.51. The summed E-state index contributed by atoms with van der Waals surface area (Å²) in [5.74, 6) is 0.238. The average molecular weight is 249 g/mol. The first-order chi connectivity index (χ1) is 7.38. The summed E-state index contributed by atoms with van der Waals surface area (Å²) in [4.78, 5) is 2.08. The maximum absolute atomic E-state index is 10.9. The lowest BCUT2D eigenvalue weighted by Gasteiger charge is -2.32. The fourth-order valence-electron chi connectivity index (χ4n) is 1.64. The molecule has 7 heteroatoms. The second-order valence-electron chi connectivity index (χ2n) is 4.10. The van der Waals surface area contributed by atoms with E-state index in [1.165, 1.54) is 6.26 Å². The second-order valence-corrected chi connectivity index (χ2v) is 6.36. The Morgan fingerprint density at radius 3 is 2.88 bits per heavy atom. The SMILES string of the molecule is CS(=O)(=O)CCCN1CCOC(C(=N)N)C1. The first kappa shape index (κ1) is 13.4. The number of ether oxygens (including phenoxy) is 1. The molecule has 0 saturated carbocycles. The van der Waals surface area contributed by atoms with Gasteiger partial charge in [-0.3, -0.25) is 10.3 Å². The van der Waals surface area contributed by atoms with Gasteiger partial charge in [0.05, 0.1) is 12.4 Å². The van der Waals surface area contributed by atoms with E-state index in [0.717, 1.165) is 6.54 Å². The van der Waals surface area contributed by atoms with Crippen LogP contribution in [-0.4, -0.2) is 63.5 Å². The third-order valence-electron chi connectivity index (χ3n) is 2.49. The molecule has 3 N–H and O–H groups in total. The predicted octanol–water partition coefficient (Wildman–Crippen LogP) is -0.942. The van der Waals surface area contributed by atoms with Crippen molar-refractivity contribution >= 4 is 15.7 Å². The Bertz CT molecular complexity index is 342. The van der Waals surface area contributed by atoms with E-state index < -0.39 is 9.84 Å². The summed E-state index contributed by atoms with van der Waals surface area (Å²) in [6.45, 7) is 2.61. The van der Waals surface area contributed by atoms with Crippen molar-refractivity contribution in [1.29, 1.82) is 5.41 Å². The quantitative estimate of drug-likeness (QED) is 0.484. The van der Waals surface area contributed by atoms with Crippen molar-refractivity contribution in [1.82, 2.24) is 4.90 Å².